The first-order chi connectivity index (χ1) is 19.5. The molecule has 1 N–H and O–H groups in total. The molecule has 1 saturated heterocycles. The van der Waals surface area contributed by atoms with Crippen LogP contribution in [-0.2, 0) is 20.9 Å². The minimum atomic E-state index is -1.29. The van der Waals surface area contributed by atoms with E-state index in [1.54, 1.807) is 36.4 Å². The maximum Gasteiger partial charge on any atom is 0.249 e. The summed E-state index contributed by atoms with van der Waals surface area (Å²) in [7, 11) is 2.97. The molecule has 5 rings (SSSR count). The summed E-state index contributed by atoms with van der Waals surface area (Å²) in [6.07, 6.45) is 1.58. The van der Waals surface area contributed by atoms with Gasteiger partial charge in [-0.15, -0.1) is 5.10 Å². The number of halogens is 1. The second-order valence-electron chi connectivity index (χ2n) is 9.34. The number of methoxy groups -OCH3 is 2. The molecule has 40 heavy (non-hydrogen) atoms. The maximum absolute atomic E-state index is 15.4. The van der Waals surface area contributed by atoms with Gasteiger partial charge >= 0.3 is 0 Å². The van der Waals surface area contributed by atoms with Crippen LogP contribution >= 0.6 is 0 Å². The second-order valence-corrected chi connectivity index (χ2v) is 9.34. The molecule has 3 aromatic carbocycles. The minimum Gasteiger partial charge on any atom is -0.497 e. The summed E-state index contributed by atoms with van der Waals surface area (Å²) in [6, 6.07) is 16.7. The van der Waals surface area contributed by atoms with Gasteiger partial charge in [-0.2, -0.15) is 0 Å². The normalized spacial score (nSPS) is 15.5. The van der Waals surface area contributed by atoms with Crippen molar-refractivity contribution in [3.05, 3.63) is 78.1 Å². The van der Waals surface area contributed by atoms with Crippen molar-refractivity contribution in [2.24, 2.45) is 0 Å². The van der Waals surface area contributed by atoms with Gasteiger partial charge in [-0.1, -0.05) is 29.5 Å². The van der Waals surface area contributed by atoms with Crippen molar-refractivity contribution in [1.29, 1.82) is 0 Å². The maximum atomic E-state index is 15.4. The second kappa shape index (κ2) is 12.1. The van der Waals surface area contributed by atoms with Gasteiger partial charge in [0.05, 0.1) is 31.5 Å². The molecule has 2 atom stereocenters. The first kappa shape index (κ1) is 27.1. The Morgan fingerprint density at radius 1 is 1.12 bits per heavy atom. The number of carbonyl (C=O) groups is 2. The van der Waals surface area contributed by atoms with Crippen molar-refractivity contribution < 1.29 is 28.2 Å². The molecule has 0 saturated carbocycles. The summed E-state index contributed by atoms with van der Waals surface area (Å²) in [5.41, 5.74) is 1.53. The van der Waals surface area contributed by atoms with Crippen molar-refractivity contribution >= 4 is 28.5 Å². The Balaban J connectivity index is 1.60. The smallest absolute Gasteiger partial charge is 0.249 e. The lowest BCUT2D eigenvalue weighted by molar-refractivity contribution is -0.127. The first-order valence-electron chi connectivity index (χ1n) is 13.0. The molecule has 0 bridgehead atoms. The molecule has 2 heterocycles. The zero-order valence-electron chi connectivity index (χ0n) is 22.2. The molecule has 1 aliphatic rings. The molecule has 1 aromatic heterocycles. The highest BCUT2D eigenvalue weighted by molar-refractivity contribution is 6.02. The molecule has 4 aromatic rings. The topological polar surface area (TPSA) is 108 Å². The Labute approximate surface area is 230 Å². The van der Waals surface area contributed by atoms with Crippen molar-refractivity contribution in [3.8, 4) is 11.5 Å². The summed E-state index contributed by atoms with van der Waals surface area (Å²) in [5, 5.41) is 11.2. The van der Waals surface area contributed by atoms with Crippen LogP contribution in [0.1, 0.15) is 24.4 Å². The minimum absolute atomic E-state index is 0.0629. The Hall–Kier alpha value is -4.51. The Morgan fingerprint density at radius 3 is 2.67 bits per heavy atom. The fourth-order valence-electron chi connectivity index (χ4n) is 4.86. The van der Waals surface area contributed by atoms with Gasteiger partial charge in [-0.05, 0) is 49.2 Å². The van der Waals surface area contributed by atoms with E-state index in [2.05, 4.69) is 15.6 Å². The van der Waals surface area contributed by atoms with E-state index < -0.39 is 23.7 Å². The summed E-state index contributed by atoms with van der Waals surface area (Å²) in [5.74, 6) is -0.951. The number of fused-ring (bicyclic) bond motifs is 1. The number of rotatable bonds is 10. The first-order valence-corrected chi connectivity index (χ1v) is 13.0. The van der Waals surface area contributed by atoms with Crippen LogP contribution in [0.3, 0.4) is 0 Å². The Morgan fingerprint density at radius 2 is 1.93 bits per heavy atom. The Bertz CT molecular complexity index is 1500. The van der Waals surface area contributed by atoms with Gasteiger partial charge < -0.3 is 19.5 Å². The third kappa shape index (κ3) is 5.59. The van der Waals surface area contributed by atoms with Crippen LogP contribution in [0.25, 0.3) is 11.0 Å². The molecule has 11 heteroatoms. The molecule has 1 aliphatic heterocycles. The third-order valence-electron chi connectivity index (χ3n) is 6.86. The quantitative estimate of drug-likeness (QED) is 0.323. The number of carbonyl (C=O) groups excluding carboxylic acids is 2. The highest BCUT2D eigenvalue weighted by Gasteiger charge is 2.37. The Kier molecular flexibility index (Phi) is 8.20. The number of hydrogen-bond acceptors (Lipinski definition) is 7. The van der Waals surface area contributed by atoms with E-state index in [9.17, 15) is 9.59 Å². The zero-order valence-corrected chi connectivity index (χ0v) is 22.2. The lowest BCUT2D eigenvalue weighted by Crippen LogP contribution is -2.47. The molecule has 208 valence electrons. The van der Waals surface area contributed by atoms with Crippen molar-refractivity contribution in [2.75, 3.05) is 32.3 Å². The van der Waals surface area contributed by atoms with Gasteiger partial charge in [-0.25, -0.2) is 9.07 Å². The van der Waals surface area contributed by atoms with Gasteiger partial charge in [0.1, 0.15) is 35.4 Å². The number of anilines is 1. The van der Waals surface area contributed by atoms with E-state index in [-0.39, 0.29) is 24.9 Å². The van der Waals surface area contributed by atoms with Crippen LogP contribution in [0, 0.1) is 5.82 Å². The number of aromatic nitrogens is 3. The number of nitrogens with one attached hydrogen (secondary N) is 1. The number of para-hydroxylation sites is 2. The van der Waals surface area contributed by atoms with Crippen LogP contribution in [0.15, 0.2) is 66.7 Å². The van der Waals surface area contributed by atoms with E-state index >= 15 is 4.39 Å². The molecule has 0 aliphatic carbocycles. The van der Waals surface area contributed by atoms with Gasteiger partial charge in [0, 0.05) is 24.8 Å². The van der Waals surface area contributed by atoms with Crippen LogP contribution in [0.4, 0.5) is 10.1 Å². The highest BCUT2D eigenvalue weighted by Crippen LogP contribution is 2.37. The summed E-state index contributed by atoms with van der Waals surface area (Å²) < 4.78 is 33.4. The van der Waals surface area contributed by atoms with Gasteiger partial charge in [-0.3, -0.25) is 14.5 Å². The van der Waals surface area contributed by atoms with E-state index in [4.69, 9.17) is 14.2 Å². The molecule has 10 nitrogen and oxygen atoms in total. The number of nitrogens with zero attached hydrogens (tertiary/aromatic N) is 4. The summed E-state index contributed by atoms with van der Waals surface area (Å²) in [6.45, 7) is 0.589. The molecule has 0 spiro atoms. The lowest BCUT2D eigenvalue weighted by atomic mass is 10.0. The number of benzene rings is 3. The third-order valence-corrected chi connectivity index (χ3v) is 6.86. The standard InChI is InChI=1S/C29H30FN5O5/c1-38-19-13-14-21(26(16-19)39-2)28(29(37)31-17-20-8-7-15-40-20)35(24-11-5-3-9-22(24)30)27(36)18-34-25-12-6-4-10-23(25)32-33-34/h3-6,9-14,16,20,28H,7-8,15,17-18H2,1-2H3,(H,31,37)/t20-,28+/m0/s1. The zero-order chi connectivity index (χ0) is 28.1. The molecule has 0 radical (unpaired) electrons. The van der Waals surface area contributed by atoms with Gasteiger partial charge in [0.2, 0.25) is 11.8 Å². The molecular formula is C29H30FN5O5. The number of ether oxygens (including phenoxy) is 3. The molecule has 2 amide bonds. The predicted molar refractivity (Wildman–Crippen MR) is 146 cm³/mol. The number of amides is 2. The largest absolute Gasteiger partial charge is 0.497 e. The van der Waals surface area contributed by atoms with Crippen LogP contribution in [0.2, 0.25) is 0 Å². The van der Waals surface area contributed by atoms with Gasteiger partial charge in [0.15, 0.2) is 0 Å². The van der Waals surface area contributed by atoms with E-state index in [1.165, 1.54) is 37.1 Å². The number of hydrogen-bond donors (Lipinski definition) is 1. The summed E-state index contributed by atoms with van der Waals surface area (Å²) >= 11 is 0. The molecule has 0 unspecified atom stereocenters. The van der Waals surface area contributed by atoms with Crippen LogP contribution in [0.5, 0.6) is 11.5 Å². The SMILES string of the molecule is COc1ccc([C@H](C(=O)NC[C@@H]2CCCO2)N(C(=O)Cn2nnc3ccccc32)c2ccccc2F)c(OC)c1. The van der Waals surface area contributed by atoms with Crippen LogP contribution < -0.4 is 19.7 Å². The molecular weight excluding hydrogens is 517 g/mol. The monoisotopic (exact) mass is 547 g/mol. The van der Waals surface area contributed by atoms with Crippen molar-refractivity contribution in [2.45, 2.75) is 31.5 Å². The van der Waals surface area contributed by atoms with E-state index in [0.717, 1.165) is 17.7 Å². The van der Waals surface area contributed by atoms with Crippen LogP contribution in [-0.4, -0.2) is 60.3 Å². The summed E-state index contributed by atoms with van der Waals surface area (Å²) in [4.78, 5) is 29.2. The predicted octanol–water partition coefficient (Wildman–Crippen LogP) is 3.66. The van der Waals surface area contributed by atoms with Crippen molar-refractivity contribution in [3.63, 3.8) is 0 Å². The van der Waals surface area contributed by atoms with E-state index in [0.29, 0.717) is 34.7 Å². The fourth-order valence-corrected chi connectivity index (χ4v) is 4.86. The fraction of sp³-hybridized carbons (Fsp3) is 0.310. The average Bonchev–Trinajstić information content (AvgIpc) is 3.65. The van der Waals surface area contributed by atoms with Crippen molar-refractivity contribution in [1.82, 2.24) is 20.3 Å². The van der Waals surface area contributed by atoms with Gasteiger partial charge in [0.25, 0.3) is 0 Å². The average molecular weight is 548 g/mol. The molecule has 1 fully saturated rings. The highest BCUT2D eigenvalue weighted by atomic mass is 19.1. The van der Waals surface area contributed by atoms with E-state index in [1.807, 2.05) is 12.1 Å². The lowest BCUT2D eigenvalue weighted by Gasteiger charge is -2.32.